The maximum atomic E-state index is 11.5. The van der Waals surface area contributed by atoms with Crippen molar-refractivity contribution >= 4 is 11.9 Å². The van der Waals surface area contributed by atoms with Crippen LogP contribution in [0.25, 0.3) is 0 Å². The summed E-state index contributed by atoms with van der Waals surface area (Å²) in [5.41, 5.74) is -1.63. The molecule has 1 rings (SSSR count). The Labute approximate surface area is 120 Å². The fourth-order valence-corrected chi connectivity index (χ4v) is 1.96. The number of benzene rings is 1. The van der Waals surface area contributed by atoms with Crippen LogP contribution in [0.2, 0.25) is 0 Å². The topological polar surface area (TPSA) is 127 Å². The van der Waals surface area contributed by atoms with Gasteiger partial charge in [0.2, 0.25) is 6.54 Å². The Hall–Kier alpha value is -2.48. The molecule has 0 radical (unpaired) electrons. The number of ether oxygens (including phenoxy) is 1. The summed E-state index contributed by atoms with van der Waals surface area (Å²) in [6.45, 7) is -0.407. The molecule has 0 heterocycles. The quantitative estimate of drug-likeness (QED) is 0.541. The molecule has 0 aliphatic rings. The van der Waals surface area contributed by atoms with Crippen LogP contribution in [0.5, 0.6) is 0 Å². The van der Waals surface area contributed by atoms with Crippen molar-refractivity contribution in [1.82, 2.24) is 0 Å². The maximum absolute atomic E-state index is 11.5. The van der Waals surface area contributed by atoms with Gasteiger partial charge >= 0.3 is 11.9 Å². The molecule has 114 valence electrons. The summed E-state index contributed by atoms with van der Waals surface area (Å²) in [5.74, 6) is -3.93. The first-order chi connectivity index (χ1) is 9.77. The van der Waals surface area contributed by atoms with Gasteiger partial charge in [0.05, 0.1) is 5.92 Å². The van der Waals surface area contributed by atoms with E-state index in [9.17, 15) is 24.8 Å². The number of aliphatic carboxylic acids is 2. The summed E-state index contributed by atoms with van der Waals surface area (Å²) in [7, 11) is 0. The first-order valence-electron chi connectivity index (χ1n) is 6.03. The lowest BCUT2D eigenvalue weighted by atomic mass is 9.83. The van der Waals surface area contributed by atoms with Crippen molar-refractivity contribution in [3.63, 3.8) is 0 Å². The van der Waals surface area contributed by atoms with E-state index in [1.807, 2.05) is 0 Å². The van der Waals surface area contributed by atoms with Crippen LogP contribution in [0.1, 0.15) is 18.4 Å². The van der Waals surface area contributed by atoms with E-state index in [2.05, 4.69) is 0 Å². The van der Waals surface area contributed by atoms with Crippen LogP contribution < -0.4 is 0 Å². The Bertz CT molecular complexity index is 531. The molecule has 21 heavy (non-hydrogen) atoms. The van der Waals surface area contributed by atoms with Gasteiger partial charge in [-0.05, 0) is 12.5 Å². The smallest absolute Gasteiger partial charge is 0.336 e. The number of carbonyl (C=O) groups is 2. The standard InChI is InChI=1S/C13H15NO7/c1-13(12(17)18,21-8-11(15)16)10(7-14(19)20)9-5-3-2-4-6-9/h2-6,10H,7-8H2,1H3,(H,15,16)(H,17,18). The Morgan fingerprint density at radius 2 is 1.90 bits per heavy atom. The van der Waals surface area contributed by atoms with Crippen molar-refractivity contribution < 1.29 is 29.5 Å². The molecule has 0 aliphatic heterocycles. The number of nitro groups is 1. The van der Waals surface area contributed by atoms with Crippen LogP contribution in [0.4, 0.5) is 0 Å². The molecular weight excluding hydrogens is 282 g/mol. The Morgan fingerprint density at radius 3 is 2.33 bits per heavy atom. The number of carboxylic acid groups (broad SMARTS) is 2. The van der Waals surface area contributed by atoms with Gasteiger partial charge in [0.15, 0.2) is 5.60 Å². The van der Waals surface area contributed by atoms with Gasteiger partial charge in [0.25, 0.3) is 0 Å². The number of carboxylic acids is 2. The first kappa shape index (κ1) is 16.6. The van der Waals surface area contributed by atoms with E-state index in [1.165, 1.54) is 0 Å². The zero-order chi connectivity index (χ0) is 16.0. The number of rotatable bonds is 8. The largest absolute Gasteiger partial charge is 0.480 e. The van der Waals surface area contributed by atoms with E-state index in [0.717, 1.165) is 6.92 Å². The van der Waals surface area contributed by atoms with Crippen LogP contribution in [-0.4, -0.2) is 45.8 Å². The highest BCUT2D eigenvalue weighted by molar-refractivity contribution is 5.79. The molecule has 2 N–H and O–H groups in total. The van der Waals surface area contributed by atoms with Crippen LogP contribution in [0.15, 0.2) is 30.3 Å². The summed E-state index contributed by atoms with van der Waals surface area (Å²) >= 11 is 0. The molecule has 8 heteroatoms. The monoisotopic (exact) mass is 297 g/mol. The average Bonchev–Trinajstić information content (AvgIpc) is 2.42. The Morgan fingerprint density at radius 1 is 1.33 bits per heavy atom. The zero-order valence-electron chi connectivity index (χ0n) is 11.3. The Kier molecular flexibility index (Phi) is 5.37. The minimum atomic E-state index is -2.02. The van der Waals surface area contributed by atoms with Gasteiger partial charge in [0, 0.05) is 4.92 Å². The van der Waals surface area contributed by atoms with E-state index in [4.69, 9.17) is 9.84 Å². The highest BCUT2D eigenvalue weighted by atomic mass is 16.6. The van der Waals surface area contributed by atoms with Gasteiger partial charge in [-0.3, -0.25) is 10.1 Å². The molecule has 0 bridgehead atoms. The fourth-order valence-electron chi connectivity index (χ4n) is 1.96. The summed E-state index contributed by atoms with van der Waals surface area (Å²) in [5, 5.41) is 28.8. The van der Waals surface area contributed by atoms with Crippen LogP contribution >= 0.6 is 0 Å². The zero-order valence-corrected chi connectivity index (χ0v) is 11.3. The molecule has 2 atom stereocenters. The van der Waals surface area contributed by atoms with Crippen molar-refractivity contribution in [2.24, 2.45) is 0 Å². The van der Waals surface area contributed by atoms with Crippen LogP contribution in [-0.2, 0) is 14.3 Å². The third-order valence-electron chi connectivity index (χ3n) is 3.12. The number of nitrogens with zero attached hydrogens (tertiary/aromatic N) is 1. The molecule has 2 unspecified atom stereocenters. The first-order valence-corrected chi connectivity index (χ1v) is 6.03. The summed E-state index contributed by atoms with van der Waals surface area (Å²) in [4.78, 5) is 32.3. The average molecular weight is 297 g/mol. The normalized spacial score (nSPS) is 14.9. The lowest BCUT2D eigenvalue weighted by Gasteiger charge is -2.31. The Balaban J connectivity index is 3.21. The second kappa shape index (κ2) is 6.80. The highest BCUT2D eigenvalue weighted by Gasteiger charge is 2.46. The summed E-state index contributed by atoms with van der Waals surface area (Å²) < 4.78 is 4.97. The molecule has 0 spiro atoms. The lowest BCUT2D eigenvalue weighted by Crippen LogP contribution is -2.47. The van der Waals surface area contributed by atoms with Gasteiger partial charge in [-0.1, -0.05) is 30.3 Å². The second-order valence-corrected chi connectivity index (χ2v) is 4.57. The van der Waals surface area contributed by atoms with Gasteiger partial charge in [-0.15, -0.1) is 0 Å². The predicted octanol–water partition coefficient (Wildman–Crippen LogP) is 0.991. The van der Waals surface area contributed by atoms with Gasteiger partial charge in [-0.25, -0.2) is 9.59 Å². The molecule has 8 nitrogen and oxygen atoms in total. The summed E-state index contributed by atoms with van der Waals surface area (Å²) in [6, 6.07) is 7.99. The highest BCUT2D eigenvalue weighted by Crippen LogP contribution is 2.32. The molecule has 0 saturated heterocycles. The number of hydrogen-bond acceptors (Lipinski definition) is 5. The van der Waals surface area contributed by atoms with E-state index in [0.29, 0.717) is 5.56 Å². The van der Waals surface area contributed by atoms with E-state index < -0.39 is 41.5 Å². The van der Waals surface area contributed by atoms with Gasteiger partial charge in [-0.2, -0.15) is 0 Å². The van der Waals surface area contributed by atoms with Gasteiger partial charge in [0.1, 0.15) is 6.61 Å². The third-order valence-corrected chi connectivity index (χ3v) is 3.12. The minimum absolute atomic E-state index is 0.393. The predicted molar refractivity (Wildman–Crippen MR) is 70.7 cm³/mol. The molecule has 0 fully saturated rings. The lowest BCUT2D eigenvalue weighted by molar-refractivity contribution is -0.486. The third kappa shape index (κ3) is 4.25. The fraction of sp³-hybridized carbons (Fsp3) is 0.385. The molecule has 0 aromatic heterocycles. The summed E-state index contributed by atoms with van der Waals surface area (Å²) in [6.07, 6.45) is 0. The number of hydrogen-bond donors (Lipinski definition) is 2. The van der Waals surface area contributed by atoms with E-state index >= 15 is 0 Å². The van der Waals surface area contributed by atoms with Gasteiger partial charge < -0.3 is 14.9 Å². The maximum Gasteiger partial charge on any atom is 0.336 e. The van der Waals surface area contributed by atoms with E-state index in [1.54, 1.807) is 30.3 Å². The molecule has 0 aliphatic carbocycles. The van der Waals surface area contributed by atoms with Crippen LogP contribution in [0.3, 0.4) is 0 Å². The SMILES string of the molecule is CC(OCC(=O)O)(C(=O)O)C(C[N+](=O)[O-])c1ccccc1. The second-order valence-electron chi connectivity index (χ2n) is 4.57. The van der Waals surface area contributed by atoms with Crippen molar-refractivity contribution in [2.75, 3.05) is 13.2 Å². The van der Waals surface area contributed by atoms with Crippen LogP contribution in [0, 0.1) is 10.1 Å². The molecule has 1 aromatic rings. The molecule has 0 saturated carbocycles. The van der Waals surface area contributed by atoms with Crippen molar-refractivity contribution in [3.05, 3.63) is 46.0 Å². The van der Waals surface area contributed by atoms with Crippen molar-refractivity contribution in [3.8, 4) is 0 Å². The molecule has 0 amide bonds. The molecular formula is C13H15NO7. The van der Waals surface area contributed by atoms with E-state index in [-0.39, 0.29) is 0 Å². The minimum Gasteiger partial charge on any atom is -0.480 e. The molecule has 1 aromatic carbocycles. The van der Waals surface area contributed by atoms with Crippen molar-refractivity contribution in [1.29, 1.82) is 0 Å². The van der Waals surface area contributed by atoms with Crippen molar-refractivity contribution in [2.45, 2.75) is 18.4 Å².